The molecular weight excluding hydrogens is 268 g/mol. The number of alkyl halides is 1. The fourth-order valence-electron chi connectivity index (χ4n) is 1.52. The summed E-state index contributed by atoms with van der Waals surface area (Å²) in [6, 6.07) is 9.20. The third kappa shape index (κ3) is 2.07. The lowest BCUT2D eigenvalue weighted by Gasteiger charge is -2.02. The summed E-state index contributed by atoms with van der Waals surface area (Å²) in [5.74, 6) is 0.668. The molecule has 4 heteroatoms. The topological polar surface area (TPSA) is 34.9 Å². The molecule has 0 radical (unpaired) electrons. The summed E-state index contributed by atoms with van der Waals surface area (Å²) in [6.07, 6.45) is 1.76. The smallest absolute Gasteiger partial charge is 0.263 e. The van der Waals surface area contributed by atoms with Gasteiger partial charge in [-0.1, -0.05) is 34.1 Å². The fraction of sp³-hybridized carbons (Fsp3) is 0.167. The van der Waals surface area contributed by atoms with E-state index in [9.17, 15) is 4.79 Å². The van der Waals surface area contributed by atoms with Gasteiger partial charge in [0.05, 0.1) is 5.69 Å². The van der Waals surface area contributed by atoms with E-state index in [4.69, 9.17) is 0 Å². The lowest BCUT2D eigenvalue weighted by molar-refractivity contribution is 0.0957. The number of hydrogen-bond acceptors (Lipinski definition) is 2. The molecule has 0 spiro atoms. The molecule has 0 fully saturated rings. The van der Waals surface area contributed by atoms with Crippen LogP contribution >= 0.6 is 15.9 Å². The van der Waals surface area contributed by atoms with Crippen molar-refractivity contribution in [3.63, 3.8) is 0 Å². The van der Waals surface area contributed by atoms with E-state index >= 15 is 0 Å². The van der Waals surface area contributed by atoms with Crippen molar-refractivity contribution in [2.24, 2.45) is 0 Å². The quantitative estimate of drug-likeness (QED) is 0.792. The van der Waals surface area contributed by atoms with Crippen LogP contribution in [0.5, 0.6) is 0 Å². The summed E-state index contributed by atoms with van der Waals surface area (Å²) in [7, 11) is 0. The van der Waals surface area contributed by atoms with Gasteiger partial charge in [-0.15, -0.1) is 0 Å². The highest BCUT2D eigenvalue weighted by molar-refractivity contribution is 9.08. The van der Waals surface area contributed by atoms with Crippen LogP contribution in [0.2, 0.25) is 0 Å². The van der Waals surface area contributed by atoms with E-state index < -0.39 is 0 Å². The molecule has 2 aromatic rings. The van der Waals surface area contributed by atoms with Crippen LogP contribution in [-0.2, 0) is 5.33 Å². The Balaban J connectivity index is 2.38. The zero-order valence-electron chi connectivity index (χ0n) is 8.85. The molecule has 82 valence electrons. The SMILES string of the molecule is Cc1nc(CBr)cn1C(=O)c1ccccc1. The maximum Gasteiger partial charge on any atom is 0.263 e. The van der Waals surface area contributed by atoms with Gasteiger partial charge in [0.2, 0.25) is 0 Å². The fourth-order valence-corrected chi connectivity index (χ4v) is 1.79. The van der Waals surface area contributed by atoms with Gasteiger partial charge in [-0.25, -0.2) is 4.98 Å². The first-order chi connectivity index (χ1) is 7.72. The molecule has 1 aromatic heterocycles. The number of carbonyl (C=O) groups excluding carboxylic acids is 1. The van der Waals surface area contributed by atoms with Gasteiger partial charge >= 0.3 is 0 Å². The molecule has 3 nitrogen and oxygen atoms in total. The Morgan fingerprint density at radius 3 is 2.62 bits per heavy atom. The average molecular weight is 279 g/mol. The third-order valence-corrected chi connectivity index (χ3v) is 2.88. The predicted octanol–water partition coefficient (Wildman–Crippen LogP) is 2.77. The second-order valence-corrected chi connectivity index (χ2v) is 4.01. The van der Waals surface area contributed by atoms with Gasteiger partial charge < -0.3 is 0 Å². The van der Waals surface area contributed by atoms with Crippen LogP contribution in [0.1, 0.15) is 21.9 Å². The summed E-state index contributed by atoms with van der Waals surface area (Å²) < 4.78 is 1.58. The van der Waals surface area contributed by atoms with E-state index in [1.165, 1.54) is 0 Å². The second-order valence-electron chi connectivity index (χ2n) is 3.45. The van der Waals surface area contributed by atoms with Gasteiger partial charge in [0.25, 0.3) is 5.91 Å². The van der Waals surface area contributed by atoms with Crippen molar-refractivity contribution in [2.75, 3.05) is 0 Å². The first-order valence-corrected chi connectivity index (χ1v) is 6.05. The number of rotatable bonds is 2. The van der Waals surface area contributed by atoms with Crippen LogP contribution in [0.3, 0.4) is 0 Å². The van der Waals surface area contributed by atoms with E-state index in [-0.39, 0.29) is 5.91 Å². The Kier molecular flexibility index (Phi) is 3.19. The monoisotopic (exact) mass is 278 g/mol. The molecule has 0 aliphatic heterocycles. The van der Waals surface area contributed by atoms with Crippen molar-refractivity contribution in [1.29, 1.82) is 0 Å². The molecule has 1 heterocycles. The Hall–Kier alpha value is -1.42. The summed E-state index contributed by atoms with van der Waals surface area (Å²) in [5.41, 5.74) is 1.53. The minimum atomic E-state index is -0.0437. The van der Waals surface area contributed by atoms with Crippen molar-refractivity contribution in [3.05, 3.63) is 53.6 Å². The molecule has 0 saturated heterocycles. The molecule has 0 atom stereocenters. The maximum atomic E-state index is 12.1. The molecule has 16 heavy (non-hydrogen) atoms. The Bertz CT molecular complexity index is 505. The van der Waals surface area contributed by atoms with E-state index in [0.717, 1.165) is 5.69 Å². The van der Waals surface area contributed by atoms with E-state index in [0.29, 0.717) is 16.7 Å². The number of carbonyl (C=O) groups is 1. The lowest BCUT2D eigenvalue weighted by Crippen LogP contribution is -2.12. The van der Waals surface area contributed by atoms with Crippen LogP contribution in [0, 0.1) is 6.92 Å². The number of hydrogen-bond donors (Lipinski definition) is 0. The highest BCUT2D eigenvalue weighted by Crippen LogP contribution is 2.09. The molecule has 0 saturated carbocycles. The van der Waals surface area contributed by atoms with Gasteiger partial charge in [-0.05, 0) is 19.1 Å². The number of halogens is 1. The second kappa shape index (κ2) is 4.61. The molecule has 0 aliphatic rings. The van der Waals surface area contributed by atoms with Crippen molar-refractivity contribution in [3.8, 4) is 0 Å². The maximum absolute atomic E-state index is 12.1. The number of benzene rings is 1. The van der Waals surface area contributed by atoms with Gasteiger partial charge in [-0.2, -0.15) is 0 Å². The lowest BCUT2D eigenvalue weighted by atomic mass is 10.2. The van der Waals surface area contributed by atoms with Crippen molar-refractivity contribution >= 4 is 21.8 Å². The minimum absolute atomic E-state index is 0.0437. The zero-order valence-corrected chi connectivity index (χ0v) is 10.4. The van der Waals surface area contributed by atoms with Crippen LogP contribution in [0.4, 0.5) is 0 Å². The van der Waals surface area contributed by atoms with Gasteiger partial charge in [0.1, 0.15) is 5.82 Å². The van der Waals surface area contributed by atoms with Crippen molar-refractivity contribution in [1.82, 2.24) is 9.55 Å². The Morgan fingerprint density at radius 2 is 2.06 bits per heavy atom. The summed E-state index contributed by atoms with van der Waals surface area (Å²) in [4.78, 5) is 16.4. The first-order valence-electron chi connectivity index (χ1n) is 4.93. The van der Waals surface area contributed by atoms with Crippen LogP contribution in [0.15, 0.2) is 36.5 Å². The molecule has 0 bridgehead atoms. The minimum Gasteiger partial charge on any atom is -0.269 e. The molecule has 1 aromatic carbocycles. The molecular formula is C12H11BrN2O. The highest BCUT2D eigenvalue weighted by atomic mass is 79.9. The number of nitrogens with zero attached hydrogens (tertiary/aromatic N) is 2. The van der Waals surface area contributed by atoms with Crippen LogP contribution in [0.25, 0.3) is 0 Å². The molecule has 0 aliphatic carbocycles. The standard InChI is InChI=1S/C12H11BrN2O/c1-9-14-11(7-13)8-15(9)12(16)10-5-3-2-4-6-10/h2-6,8H,7H2,1H3. The van der Waals surface area contributed by atoms with Gasteiger partial charge in [-0.3, -0.25) is 9.36 Å². The van der Waals surface area contributed by atoms with Crippen LogP contribution in [-0.4, -0.2) is 15.5 Å². The number of aryl methyl sites for hydroxylation is 1. The van der Waals surface area contributed by atoms with E-state index in [1.54, 1.807) is 22.9 Å². The first kappa shape index (κ1) is 11.1. The predicted molar refractivity (Wildman–Crippen MR) is 65.8 cm³/mol. The number of aromatic nitrogens is 2. The van der Waals surface area contributed by atoms with Crippen molar-refractivity contribution < 1.29 is 4.79 Å². The van der Waals surface area contributed by atoms with Crippen molar-refractivity contribution in [2.45, 2.75) is 12.3 Å². The molecule has 0 N–H and O–H groups in total. The van der Waals surface area contributed by atoms with E-state index in [1.807, 2.05) is 25.1 Å². The van der Waals surface area contributed by atoms with Gasteiger partial charge in [0.15, 0.2) is 0 Å². The largest absolute Gasteiger partial charge is 0.269 e. The molecule has 0 amide bonds. The van der Waals surface area contributed by atoms with Crippen LogP contribution < -0.4 is 0 Å². The summed E-state index contributed by atoms with van der Waals surface area (Å²) >= 11 is 3.32. The molecule has 2 rings (SSSR count). The number of imidazole rings is 1. The van der Waals surface area contributed by atoms with E-state index in [2.05, 4.69) is 20.9 Å². The average Bonchev–Trinajstić information content (AvgIpc) is 2.71. The molecule has 0 unspecified atom stereocenters. The van der Waals surface area contributed by atoms with Gasteiger partial charge in [0, 0.05) is 17.1 Å². The third-order valence-electron chi connectivity index (χ3n) is 2.31. The summed E-state index contributed by atoms with van der Waals surface area (Å²) in [6.45, 7) is 1.83. The normalized spacial score (nSPS) is 10.4. The highest BCUT2D eigenvalue weighted by Gasteiger charge is 2.12. The Labute approximate surface area is 102 Å². The zero-order chi connectivity index (χ0) is 11.5. The summed E-state index contributed by atoms with van der Waals surface area (Å²) in [5, 5.41) is 0.656. The Morgan fingerprint density at radius 1 is 1.38 bits per heavy atom.